The third-order valence-electron chi connectivity index (χ3n) is 2.68. The van der Waals surface area contributed by atoms with Gasteiger partial charge in [0.25, 0.3) is 11.8 Å². The number of benzene rings is 1. The topological polar surface area (TPSA) is 94.3 Å². The summed E-state index contributed by atoms with van der Waals surface area (Å²) in [7, 11) is 0. The van der Waals surface area contributed by atoms with E-state index in [1.54, 1.807) is 19.1 Å². The van der Waals surface area contributed by atoms with E-state index in [-0.39, 0.29) is 10.8 Å². The molecule has 7 heteroatoms. The Kier molecular flexibility index (Phi) is 4.54. The van der Waals surface area contributed by atoms with E-state index in [0.29, 0.717) is 10.9 Å². The molecule has 0 aliphatic carbocycles. The first-order chi connectivity index (χ1) is 9.95. The number of ether oxygens (including phenoxy) is 1. The van der Waals surface area contributed by atoms with Gasteiger partial charge >= 0.3 is 0 Å². The lowest BCUT2D eigenvalue weighted by atomic mass is 10.2. The summed E-state index contributed by atoms with van der Waals surface area (Å²) in [5.74, 6) is -0.307. The molecule has 3 N–H and O–H groups in total. The molecule has 6 nitrogen and oxygen atoms in total. The van der Waals surface area contributed by atoms with Gasteiger partial charge in [0, 0.05) is 0 Å². The van der Waals surface area contributed by atoms with Gasteiger partial charge in [-0.3, -0.25) is 14.9 Å². The van der Waals surface area contributed by atoms with Crippen molar-refractivity contribution >= 4 is 28.3 Å². The van der Waals surface area contributed by atoms with Crippen LogP contribution in [0.5, 0.6) is 5.75 Å². The Bertz CT molecular complexity index is 652. The number of nitrogens with two attached hydrogens (primary N) is 1. The van der Waals surface area contributed by atoms with E-state index >= 15 is 0 Å². The Morgan fingerprint density at radius 3 is 2.57 bits per heavy atom. The number of amides is 2. The van der Waals surface area contributed by atoms with Crippen LogP contribution in [-0.2, 0) is 4.79 Å². The van der Waals surface area contributed by atoms with Gasteiger partial charge < -0.3 is 10.5 Å². The van der Waals surface area contributed by atoms with Crippen molar-refractivity contribution in [3.8, 4) is 5.75 Å². The Labute approximate surface area is 125 Å². The second-order valence-electron chi connectivity index (χ2n) is 4.46. The van der Waals surface area contributed by atoms with Crippen molar-refractivity contribution < 1.29 is 14.3 Å². The maximum atomic E-state index is 12.0. The quantitative estimate of drug-likeness (QED) is 0.882. The fourth-order valence-corrected chi connectivity index (χ4v) is 2.20. The first-order valence-electron chi connectivity index (χ1n) is 6.25. The summed E-state index contributed by atoms with van der Waals surface area (Å²) in [6.45, 7) is 3.61. The maximum absolute atomic E-state index is 12.0. The summed E-state index contributed by atoms with van der Waals surface area (Å²) in [4.78, 5) is 27.1. The van der Waals surface area contributed by atoms with Crippen molar-refractivity contribution in [2.24, 2.45) is 5.73 Å². The first-order valence-corrected chi connectivity index (χ1v) is 7.07. The molecule has 1 unspecified atom stereocenters. The predicted molar refractivity (Wildman–Crippen MR) is 80.5 cm³/mol. The number of anilines is 1. The fourth-order valence-electron chi connectivity index (χ4n) is 1.53. The number of rotatable bonds is 5. The number of primary amides is 1. The van der Waals surface area contributed by atoms with Crippen LogP contribution in [0.25, 0.3) is 0 Å². The van der Waals surface area contributed by atoms with Crippen molar-refractivity contribution in [2.75, 3.05) is 5.32 Å². The minimum absolute atomic E-state index is 0.289. The molecule has 0 bridgehead atoms. The molecule has 0 radical (unpaired) electrons. The average molecular weight is 305 g/mol. The zero-order chi connectivity index (χ0) is 15.4. The zero-order valence-corrected chi connectivity index (χ0v) is 12.4. The van der Waals surface area contributed by atoms with Gasteiger partial charge in [-0.2, -0.15) is 0 Å². The van der Waals surface area contributed by atoms with Gasteiger partial charge in [0.05, 0.1) is 6.20 Å². The largest absolute Gasteiger partial charge is 0.481 e. The number of carbonyl (C=O) groups excluding carboxylic acids is 2. The van der Waals surface area contributed by atoms with Crippen LogP contribution in [0.3, 0.4) is 0 Å². The second kappa shape index (κ2) is 6.36. The molecular weight excluding hydrogens is 290 g/mol. The van der Waals surface area contributed by atoms with Crippen molar-refractivity contribution in [3.63, 3.8) is 0 Å². The maximum Gasteiger partial charge on any atom is 0.266 e. The molecule has 2 rings (SSSR count). The molecular formula is C14H15N3O3S. The van der Waals surface area contributed by atoms with E-state index in [0.717, 1.165) is 16.9 Å². The van der Waals surface area contributed by atoms with Crippen LogP contribution in [0, 0.1) is 6.92 Å². The van der Waals surface area contributed by atoms with Crippen LogP contribution in [0.15, 0.2) is 30.5 Å². The number of hydrogen-bond donors (Lipinski definition) is 2. The number of thiazole rings is 1. The number of hydrogen-bond acceptors (Lipinski definition) is 5. The second-order valence-corrected chi connectivity index (χ2v) is 5.49. The van der Waals surface area contributed by atoms with Crippen LogP contribution in [-0.4, -0.2) is 22.9 Å². The summed E-state index contributed by atoms with van der Waals surface area (Å²) < 4.78 is 5.53. The summed E-state index contributed by atoms with van der Waals surface area (Å²) in [6.07, 6.45) is 0.641. The van der Waals surface area contributed by atoms with Crippen LogP contribution in [0.1, 0.15) is 22.2 Å². The molecule has 1 atom stereocenters. The number of aromatic nitrogens is 1. The highest BCUT2D eigenvalue weighted by atomic mass is 32.1. The highest BCUT2D eigenvalue weighted by molar-refractivity contribution is 7.17. The molecule has 0 aliphatic heterocycles. The molecule has 2 amide bonds. The summed E-state index contributed by atoms with van der Waals surface area (Å²) in [6, 6.07) is 7.40. The van der Waals surface area contributed by atoms with Gasteiger partial charge in [-0.05, 0) is 26.0 Å². The third kappa shape index (κ3) is 4.03. The highest BCUT2D eigenvalue weighted by Gasteiger charge is 2.17. The van der Waals surface area contributed by atoms with Gasteiger partial charge in [-0.25, -0.2) is 4.98 Å². The standard InChI is InChI=1S/C14H15N3O3S/c1-8-3-5-10(6-4-8)20-9(2)13(19)17-14-16-7-11(21-14)12(15)18/h3-7,9H,1-2H3,(H2,15,18)(H,16,17,19). The molecule has 110 valence electrons. The first kappa shape index (κ1) is 15.0. The Morgan fingerprint density at radius 1 is 1.33 bits per heavy atom. The predicted octanol–water partition coefficient (Wildman–Crippen LogP) is 1.96. The van der Waals surface area contributed by atoms with E-state index in [4.69, 9.17) is 10.5 Å². The van der Waals surface area contributed by atoms with Gasteiger partial charge in [-0.15, -0.1) is 0 Å². The fraction of sp³-hybridized carbons (Fsp3) is 0.214. The highest BCUT2D eigenvalue weighted by Crippen LogP contribution is 2.18. The average Bonchev–Trinajstić information content (AvgIpc) is 2.90. The van der Waals surface area contributed by atoms with Crippen molar-refractivity contribution in [3.05, 3.63) is 40.9 Å². The molecule has 0 saturated heterocycles. The Hall–Kier alpha value is -2.41. The van der Waals surface area contributed by atoms with Gasteiger partial charge in [0.2, 0.25) is 0 Å². The van der Waals surface area contributed by atoms with Crippen LogP contribution >= 0.6 is 11.3 Å². The summed E-state index contributed by atoms with van der Waals surface area (Å²) in [5, 5.41) is 2.90. The minimum Gasteiger partial charge on any atom is -0.481 e. The summed E-state index contributed by atoms with van der Waals surface area (Å²) in [5.41, 5.74) is 6.24. The van der Waals surface area contributed by atoms with Crippen molar-refractivity contribution in [1.82, 2.24) is 4.98 Å². The number of nitrogens with one attached hydrogen (secondary N) is 1. The molecule has 1 aromatic heterocycles. The number of carbonyl (C=O) groups is 2. The van der Waals surface area contributed by atoms with Crippen molar-refractivity contribution in [1.29, 1.82) is 0 Å². The van der Waals surface area contributed by atoms with Crippen LogP contribution in [0.2, 0.25) is 0 Å². The minimum atomic E-state index is -0.686. The lowest BCUT2D eigenvalue weighted by Crippen LogP contribution is -2.30. The third-order valence-corrected chi connectivity index (χ3v) is 3.61. The van der Waals surface area contributed by atoms with E-state index < -0.39 is 12.0 Å². The van der Waals surface area contributed by atoms with E-state index in [1.807, 2.05) is 19.1 Å². The normalized spacial score (nSPS) is 11.7. The SMILES string of the molecule is Cc1ccc(OC(C)C(=O)Nc2ncc(C(N)=O)s2)cc1. The molecule has 21 heavy (non-hydrogen) atoms. The lowest BCUT2D eigenvalue weighted by molar-refractivity contribution is -0.122. The monoisotopic (exact) mass is 305 g/mol. The molecule has 0 spiro atoms. The van der Waals surface area contributed by atoms with Crippen LogP contribution < -0.4 is 15.8 Å². The van der Waals surface area contributed by atoms with E-state index in [2.05, 4.69) is 10.3 Å². The molecule has 2 aromatic rings. The number of nitrogens with zero attached hydrogens (tertiary/aromatic N) is 1. The summed E-state index contributed by atoms with van der Waals surface area (Å²) >= 11 is 1.02. The number of aryl methyl sites for hydroxylation is 1. The van der Waals surface area contributed by atoms with Crippen molar-refractivity contribution in [2.45, 2.75) is 20.0 Å². The lowest BCUT2D eigenvalue weighted by Gasteiger charge is -2.13. The van der Waals surface area contributed by atoms with Gasteiger partial charge in [0.15, 0.2) is 11.2 Å². The van der Waals surface area contributed by atoms with E-state index in [9.17, 15) is 9.59 Å². The van der Waals surface area contributed by atoms with Crippen LogP contribution in [0.4, 0.5) is 5.13 Å². The Balaban J connectivity index is 1.95. The Morgan fingerprint density at radius 2 is 2.00 bits per heavy atom. The molecule has 0 aliphatic rings. The zero-order valence-electron chi connectivity index (χ0n) is 11.6. The van der Waals surface area contributed by atoms with Gasteiger partial charge in [-0.1, -0.05) is 29.0 Å². The molecule has 0 fully saturated rings. The molecule has 0 saturated carbocycles. The van der Waals surface area contributed by atoms with E-state index in [1.165, 1.54) is 6.20 Å². The molecule has 1 heterocycles. The van der Waals surface area contributed by atoms with Gasteiger partial charge in [0.1, 0.15) is 10.6 Å². The smallest absolute Gasteiger partial charge is 0.266 e. The molecule has 1 aromatic carbocycles.